The molecule has 0 aliphatic heterocycles. The minimum absolute atomic E-state index is 0.0807. The molecule has 0 atom stereocenters. The Morgan fingerprint density at radius 2 is 1.86 bits per heavy atom. The normalized spacial score (nSPS) is 10.9. The number of benzene rings is 1. The third-order valence-corrected chi connectivity index (χ3v) is 2.77. The van der Waals surface area contributed by atoms with Crippen LogP contribution in [0.15, 0.2) is 36.4 Å². The number of pyridine rings is 1. The second kappa shape index (κ2) is 6.35. The summed E-state index contributed by atoms with van der Waals surface area (Å²) in [6.07, 6.45) is -4.71. The number of nitriles is 1. The zero-order chi connectivity index (χ0) is 16.2. The van der Waals surface area contributed by atoms with Crippen LogP contribution in [-0.4, -0.2) is 18.5 Å². The number of nitrogens with zero attached hydrogens (tertiary/aromatic N) is 2. The molecule has 2 aromatic rings. The first kappa shape index (κ1) is 15.6. The fourth-order valence-electron chi connectivity index (χ4n) is 1.92. The molecular weight excluding hydrogens is 297 g/mol. The number of halogens is 3. The first-order chi connectivity index (χ1) is 10.4. The lowest BCUT2D eigenvalue weighted by molar-refractivity contribution is -0.274. The largest absolute Gasteiger partial charge is 0.573 e. The van der Waals surface area contributed by atoms with Gasteiger partial charge in [-0.15, -0.1) is 13.2 Å². The number of para-hydroxylation sites is 1. The lowest BCUT2D eigenvalue weighted by Crippen LogP contribution is -2.17. The van der Waals surface area contributed by atoms with Crippen molar-refractivity contribution in [2.24, 2.45) is 0 Å². The summed E-state index contributed by atoms with van der Waals surface area (Å²) in [4.78, 5) is 4.11. The van der Waals surface area contributed by atoms with Gasteiger partial charge in [0.1, 0.15) is 5.75 Å². The average Bonchev–Trinajstić information content (AvgIpc) is 2.47. The van der Waals surface area contributed by atoms with Crippen molar-refractivity contribution in [1.29, 1.82) is 5.26 Å². The van der Waals surface area contributed by atoms with Crippen molar-refractivity contribution in [1.82, 2.24) is 4.98 Å². The fourth-order valence-corrected chi connectivity index (χ4v) is 1.92. The molecule has 1 aromatic carbocycles. The van der Waals surface area contributed by atoms with Gasteiger partial charge in [-0.1, -0.05) is 18.2 Å². The summed E-state index contributed by atoms with van der Waals surface area (Å²) in [5.41, 5.74) is 1.02. The first-order valence-corrected chi connectivity index (χ1v) is 6.20. The van der Waals surface area contributed by atoms with Crippen molar-refractivity contribution in [3.8, 4) is 28.8 Å². The van der Waals surface area contributed by atoms with Gasteiger partial charge in [0.2, 0.25) is 5.88 Å². The summed E-state index contributed by atoms with van der Waals surface area (Å²) in [6, 6.07) is 10.8. The Balaban J connectivity index is 2.50. The molecule has 1 aromatic heterocycles. The SMILES string of the molecule is COc1nc(CC#N)ccc1-c1ccccc1OC(F)(F)F. The van der Waals surface area contributed by atoms with Gasteiger partial charge in [-0.05, 0) is 18.2 Å². The van der Waals surface area contributed by atoms with Gasteiger partial charge in [0.15, 0.2) is 0 Å². The quantitative estimate of drug-likeness (QED) is 0.863. The summed E-state index contributed by atoms with van der Waals surface area (Å²) in [5.74, 6) is -0.214. The van der Waals surface area contributed by atoms with Crippen LogP contribution in [0, 0.1) is 11.3 Å². The van der Waals surface area contributed by atoms with E-state index >= 15 is 0 Å². The second-order valence-corrected chi connectivity index (χ2v) is 4.24. The summed E-state index contributed by atoms with van der Waals surface area (Å²) in [7, 11) is 1.36. The average molecular weight is 308 g/mol. The van der Waals surface area contributed by atoms with Crippen LogP contribution in [0.1, 0.15) is 5.69 Å². The summed E-state index contributed by atoms with van der Waals surface area (Å²) in [6.45, 7) is 0. The molecule has 0 radical (unpaired) electrons. The topological polar surface area (TPSA) is 55.1 Å². The fraction of sp³-hybridized carbons (Fsp3) is 0.200. The van der Waals surface area contributed by atoms with E-state index in [2.05, 4.69) is 9.72 Å². The lowest BCUT2D eigenvalue weighted by atomic mass is 10.1. The van der Waals surface area contributed by atoms with Crippen molar-refractivity contribution in [2.45, 2.75) is 12.8 Å². The molecule has 2 rings (SSSR count). The standard InChI is InChI=1S/C15H11F3N2O2/c1-21-14-12(7-6-10(20-14)8-9-19)11-4-2-3-5-13(11)22-15(16,17)18/h2-7H,8H2,1H3. The molecule has 0 spiro atoms. The molecule has 0 saturated carbocycles. The Morgan fingerprint density at radius 1 is 1.14 bits per heavy atom. The Bertz CT molecular complexity index is 709. The van der Waals surface area contributed by atoms with E-state index in [1.54, 1.807) is 18.2 Å². The zero-order valence-corrected chi connectivity index (χ0v) is 11.5. The maximum Gasteiger partial charge on any atom is 0.573 e. The maximum absolute atomic E-state index is 12.5. The molecule has 0 unspecified atom stereocenters. The zero-order valence-electron chi connectivity index (χ0n) is 11.5. The smallest absolute Gasteiger partial charge is 0.481 e. The molecule has 1 heterocycles. The summed E-state index contributed by atoms with van der Waals surface area (Å²) in [5, 5.41) is 8.67. The molecule has 22 heavy (non-hydrogen) atoms. The Hall–Kier alpha value is -2.75. The van der Waals surface area contributed by atoms with Gasteiger partial charge in [-0.2, -0.15) is 5.26 Å². The van der Waals surface area contributed by atoms with Crippen LogP contribution in [-0.2, 0) is 6.42 Å². The third kappa shape index (κ3) is 3.67. The highest BCUT2D eigenvalue weighted by Gasteiger charge is 2.32. The molecule has 0 N–H and O–H groups in total. The van der Waals surface area contributed by atoms with Crippen molar-refractivity contribution < 1.29 is 22.6 Å². The molecule has 0 bridgehead atoms. The van der Waals surface area contributed by atoms with Gasteiger partial charge in [-0.3, -0.25) is 0 Å². The van der Waals surface area contributed by atoms with E-state index in [1.165, 1.54) is 25.3 Å². The van der Waals surface area contributed by atoms with E-state index in [9.17, 15) is 13.2 Å². The van der Waals surface area contributed by atoms with Crippen LogP contribution in [0.4, 0.5) is 13.2 Å². The first-order valence-electron chi connectivity index (χ1n) is 6.20. The molecule has 0 amide bonds. The summed E-state index contributed by atoms with van der Waals surface area (Å²) >= 11 is 0. The van der Waals surface area contributed by atoms with E-state index in [4.69, 9.17) is 10.00 Å². The maximum atomic E-state index is 12.5. The minimum Gasteiger partial charge on any atom is -0.481 e. The lowest BCUT2D eigenvalue weighted by Gasteiger charge is -2.15. The number of methoxy groups -OCH3 is 1. The number of hydrogen-bond donors (Lipinski definition) is 0. The van der Waals surface area contributed by atoms with Gasteiger partial charge in [0.25, 0.3) is 0 Å². The van der Waals surface area contributed by atoms with Crippen LogP contribution in [0.2, 0.25) is 0 Å². The second-order valence-electron chi connectivity index (χ2n) is 4.24. The van der Waals surface area contributed by atoms with Crippen molar-refractivity contribution >= 4 is 0 Å². The van der Waals surface area contributed by atoms with Gasteiger partial charge in [0.05, 0.1) is 25.3 Å². The number of hydrogen-bond acceptors (Lipinski definition) is 4. The van der Waals surface area contributed by atoms with Crippen LogP contribution in [0.25, 0.3) is 11.1 Å². The number of aromatic nitrogens is 1. The minimum atomic E-state index is -4.79. The molecule has 0 saturated heterocycles. The van der Waals surface area contributed by atoms with E-state index in [0.29, 0.717) is 11.3 Å². The predicted octanol–water partition coefficient (Wildman–Crippen LogP) is 3.72. The van der Waals surface area contributed by atoms with Gasteiger partial charge in [0, 0.05) is 11.1 Å². The third-order valence-electron chi connectivity index (χ3n) is 2.77. The van der Waals surface area contributed by atoms with Gasteiger partial charge >= 0.3 is 6.36 Å². The monoisotopic (exact) mass is 308 g/mol. The number of alkyl halides is 3. The molecule has 7 heteroatoms. The van der Waals surface area contributed by atoms with Gasteiger partial charge in [-0.25, -0.2) is 4.98 Å². The van der Waals surface area contributed by atoms with Crippen LogP contribution < -0.4 is 9.47 Å². The Kier molecular flexibility index (Phi) is 4.51. The molecule has 0 fully saturated rings. The van der Waals surface area contributed by atoms with E-state index in [-0.39, 0.29) is 23.6 Å². The van der Waals surface area contributed by atoms with Crippen LogP contribution in [0.5, 0.6) is 11.6 Å². The van der Waals surface area contributed by atoms with Crippen molar-refractivity contribution in [3.63, 3.8) is 0 Å². The highest BCUT2D eigenvalue weighted by molar-refractivity contribution is 5.74. The van der Waals surface area contributed by atoms with Crippen molar-refractivity contribution in [2.75, 3.05) is 7.11 Å². The number of ether oxygens (including phenoxy) is 2. The Morgan fingerprint density at radius 3 is 2.50 bits per heavy atom. The molecule has 4 nitrogen and oxygen atoms in total. The molecule has 114 valence electrons. The number of rotatable bonds is 4. The predicted molar refractivity (Wildman–Crippen MR) is 72.2 cm³/mol. The van der Waals surface area contributed by atoms with E-state index in [1.807, 2.05) is 6.07 Å². The molecule has 0 aliphatic carbocycles. The van der Waals surface area contributed by atoms with Crippen molar-refractivity contribution in [3.05, 3.63) is 42.1 Å². The van der Waals surface area contributed by atoms with E-state index in [0.717, 1.165) is 0 Å². The Labute approximate surface area is 124 Å². The molecular formula is C15H11F3N2O2. The van der Waals surface area contributed by atoms with Gasteiger partial charge < -0.3 is 9.47 Å². The highest BCUT2D eigenvalue weighted by atomic mass is 19.4. The molecule has 0 aliphatic rings. The van der Waals surface area contributed by atoms with E-state index < -0.39 is 6.36 Å². The van der Waals surface area contributed by atoms with Crippen LogP contribution in [0.3, 0.4) is 0 Å². The summed E-state index contributed by atoms with van der Waals surface area (Å²) < 4.78 is 46.6. The highest BCUT2D eigenvalue weighted by Crippen LogP contribution is 2.37. The van der Waals surface area contributed by atoms with Crippen LogP contribution >= 0.6 is 0 Å².